The molecular formula is C16H20FN. The zero-order valence-electron chi connectivity index (χ0n) is 11.0. The summed E-state index contributed by atoms with van der Waals surface area (Å²) in [4.78, 5) is 0. The molecule has 96 valence electrons. The SMILES string of the molecule is C\C=C(/C=C\C=C\Cc1cc(C)cc(F)c1)CN. The third-order valence-corrected chi connectivity index (χ3v) is 2.62. The summed E-state index contributed by atoms with van der Waals surface area (Å²) in [6.45, 7) is 4.41. The maximum atomic E-state index is 13.1. The lowest BCUT2D eigenvalue weighted by molar-refractivity contribution is 0.625. The second-order valence-corrected chi connectivity index (χ2v) is 4.20. The second-order valence-electron chi connectivity index (χ2n) is 4.20. The highest BCUT2D eigenvalue weighted by Crippen LogP contribution is 2.09. The molecule has 1 rings (SSSR count). The first-order chi connectivity index (χ1) is 8.65. The van der Waals surface area contributed by atoms with Crippen LogP contribution in [0, 0.1) is 12.7 Å². The predicted molar refractivity (Wildman–Crippen MR) is 75.9 cm³/mol. The highest BCUT2D eigenvalue weighted by Gasteiger charge is 1.95. The van der Waals surface area contributed by atoms with E-state index in [4.69, 9.17) is 5.73 Å². The van der Waals surface area contributed by atoms with Gasteiger partial charge in [0.1, 0.15) is 5.82 Å². The first-order valence-corrected chi connectivity index (χ1v) is 6.10. The maximum absolute atomic E-state index is 13.1. The zero-order valence-corrected chi connectivity index (χ0v) is 11.0. The molecule has 0 bridgehead atoms. The summed E-state index contributed by atoms with van der Waals surface area (Å²) in [6, 6.07) is 5.10. The molecule has 2 N–H and O–H groups in total. The molecule has 0 spiro atoms. The van der Waals surface area contributed by atoms with E-state index in [9.17, 15) is 4.39 Å². The minimum absolute atomic E-state index is 0.173. The van der Waals surface area contributed by atoms with Gasteiger partial charge in [0.05, 0.1) is 0 Å². The Labute approximate surface area is 109 Å². The molecule has 0 atom stereocenters. The van der Waals surface area contributed by atoms with Crippen LogP contribution in [0.3, 0.4) is 0 Å². The van der Waals surface area contributed by atoms with Gasteiger partial charge in [0.25, 0.3) is 0 Å². The van der Waals surface area contributed by atoms with Crippen LogP contribution in [0.2, 0.25) is 0 Å². The first kappa shape index (κ1) is 14.4. The summed E-state index contributed by atoms with van der Waals surface area (Å²) in [5.41, 5.74) is 8.58. The molecule has 0 aromatic heterocycles. The lowest BCUT2D eigenvalue weighted by Crippen LogP contribution is -1.99. The van der Waals surface area contributed by atoms with E-state index < -0.39 is 0 Å². The van der Waals surface area contributed by atoms with Gasteiger partial charge in [0, 0.05) is 6.54 Å². The lowest BCUT2D eigenvalue weighted by atomic mass is 10.1. The smallest absolute Gasteiger partial charge is 0.123 e. The van der Waals surface area contributed by atoms with Gasteiger partial charge in [0.15, 0.2) is 0 Å². The molecule has 2 heteroatoms. The van der Waals surface area contributed by atoms with Crippen molar-refractivity contribution in [3.63, 3.8) is 0 Å². The fourth-order valence-electron chi connectivity index (χ4n) is 1.67. The molecule has 0 fully saturated rings. The monoisotopic (exact) mass is 245 g/mol. The predicted octanol–water partition coefficient (Wildman–Crippen LogP) is 3.69. The molecule has 0 saturated carbocycles. The van der Waals surface area contributed by atoms with Crippen molar-refractivity contribution in [1.29, 1.82) is 0 Å². The van der Waals surface area contributed by atoms with Crippen LogP contribution in [0.1, 0.15) is 18.1 Å². The quantitative estimate of drug-likeness (QED) is 0.787. The molecule has 0 aliphatic rings. The number of hydrogen-bond donors (Lipinski definition) is 1. The summed E-state index contributed by atoms with van der Waals surface area (Å²) in [5, 5.41) is 0. The standard InChI is InChI=1S/C16H20FN/c1-3-14(12-18)7-5-4-6-8-15-9-13(2)10-16(17)11-15/h3-7,9-11H,8,12,18H2,1-2H3/b6-4+,7-5-,14-3+. The van der Waals surface area contributed by atoms with Gasteiger partial charge in [-0.1, -0.05) is 36.4 Å². The molecule has 0 amide bonds. The van der Waals surface area contributed by atoms with E-state index in [1.54, 1.807) is 6.07 Å². The molecule has 18 heavy (non-hydrogen) atoms. The van der Waals surface area contributed by atoms with Crippen molar-refractivity contribution in [2.45, 2.75) is 20.3 Å². The molecule has 1 aromatic rings. The van der Waals surface area contributed by atoms with Gasteiger partial charge in [-0.15, -0.1) is 0 Å². The van der Waals surface area contributed by atoms with Crippen LogP contribution in [0.4, 0.5) is 4.39 Å². The number of benzene rings is 1. The molecule has 1 aromatic carbocycles. The van der Waals surface area contributed by atoms with Crippen LogP contribution in [0.15, 0.2) is 54.2 Å². The van der Waals surface area contributed by atoms with Crippen molar-refractivity contribution in [3.05, 3.63) is 71.1 Å². The van der Waals surface area contributed by atoms with Crippen LogP contribution in [-0.2, 0) is 6.42 Å². The summed E-state index contributed by atoms with van der Waals surface area (Å²) in [6.07, 6.45) is 10.6. The highest BCUT2D eigenvalue weighted by atomic mass is 19.1. The summed E-state index contributed by atoms with van der Waals surface area (Å²) in [5.74, 6) is -0.173. The largest absolute Gasteiger partial charge is 0.327 e. The van der Waals surface area contributed by atoms with E-state index in [0.717, 1.165) is 23.1 Å². The molecule has 0 saturated heterocycles. The van der Waals surface area contributed by atoms with Gasteiger partial charge in [-0.2, -0.15) is 0 Å². The van der Waals surface area contributed by atoms with Gasteiger partial charge in [-0.25, -0.2) is 4.39 Å². The maximum Gasteiger partial charge on any atom is 0.123 e. The van der Waals surface area contributed by atoms with Crippen LogP contribution in [0.25, 0.3) is 0 Å². The molecular weight excluding hydrogens is 225 g/mol. The van der Waals surface area contributed by atoms with Crippen LogP contribution in [-0.4, -0.2) is 6.54 Å². The normalized spacial score (nSPS) is 12.8. The fraction of sp³-hybridized carbons (Fsp3) is 0.250. The highest BCUT2D eigenvalue weighted by molar-refractivity contribution is 5.27. The number of aryl methyl sites for hydroxylation is 1. The van der Waals surface area contributed by atoms with Gasteiger partial charge in [0.2, 0.25) is 0 Å². The Kier molecular flexibility index (Phi) is 6.09. The summed E-state index contributed by atoms with van der Waals surface area (Å²) in [7, 11) is 0. The molecule has 1 nitrogen and oxygen atoms in total. The third-order valence-electron chi connectivity index (χ3n) is 2.62. The van der Waals surface area contributed by atoms with Crippen molar-refractivity contribution in [2.75, 3.05) is 6.54 Å². The van der Waals surface area contributed by atoms with Crippen molar-refractivity contribution < 1.29 is 4.39 Å². The molecule has 0 unspecified atom stereocenters. The zero-order chi connectivity index (χ0) is 13.4. The Bertz CT molecular complexity index is 450. The molecule has 0 heterocycles. The average molecular weight is 245 g/mol. The Balaban J connectivity index is 2.55. The summed E-state index contributed by atoms with van der Waals surface area (Å²) < 4.78 is 13.1. The van der Waals surface area contributed by atoms with E-state index in [2.05, 4.69) is 0 Å². The Morgan fingerprint density at radius 1 is 1.28 bits per heavy atom. The first-order valence-electron chi connectivity index (χ1n) is 6.10. The van der Waals surface area contributed by atoms with Gasteiger partial charge < -0.3 is 5.73 Å². The molecule has 0 aliphatic heterocycles. The minimum atomic E-state index is -0.173. The molecule has 0 radical (unpaired) electrons. The van der Waals surface area contributed by atoms with Gasteiger partial charge in [-0.05, 0) is 49.1 Å². The number of hydrogen-bond acceptors (Lipinski definition) is 1. The van der Waals surface area contributed by atoms with Crippen molar-refractivity contribution in [2.24, 2.45) is 5.73 Å². The van der Waals surface area contributed by atoms with Crippen LogP contribution in [0.5, 0.6) is 0 Å². The van der Waals surface area contributed by atoms with Crippen LogP contribution < -0.4 is 5.73 Å². The Hall–Kier alpha value is -1.67. The van der Waals surface area contributed by atoms with E-state index in [1.165, 1.54) is 6.07 Å². The fourth-order valence-corrected chi connectivity index (χ4v) is 1.67. The van der Waals surface area contributed by atoms with E-state index >= 15 is 0 Å². The number of rotatable bonds is 5. The Morgan fingerprint density at radius 2 is 2.06 bits per heavy atom. The van der Waals surface area contributed by atoms with Crippen molar-refractivity contribution >= 4 is 0 Å². The number of allylic oxidation sites excluding steroid dienone is 4. The third kappa shape index (κ3) is 5.11. The topological polar surface area (TPSA) is 26.0 Å². The van der Waals surface area contributed by atoms with Crippen molar-refractivity contribution in [1.82, 2.24) is 0 Å². The molecule has 0 aliphatic carbocycles. The van der Waals surface area contributed by atoms with Crippen molar-refractivity contribution in [3.8, 4) is 0 Å². The van der Waals surface area contributed by atoms with Gasteiger partial charge >= 0.3 is 0 Å². The minimum Gasteiger partial charge on any atom is -0.327 e. The number of nitrogens with two attached hydrogens (primary N) is 1. The average Bonchev–Trinajstić information content (AvgIpc) is 2.32. The van der Waals surface area contributed by atoms with E-state index in [-0.39, 0.29) is 5.82 Å². The van der Waals surface area contributed by atoms with E-state index in [1.807, 2.05) is 50.3 Å². The van der Waals surface area contributed by atoms with E-state index in [0.29, 0.717) is 6.54 Å². The number of halogens is 1. The summed E-state index contributed by atoms with van der Waals surface area (Å²) >= 11 is 0. The lowest BCUT2D eigenvalue weighted by Gasteiger charge is -1.99. The van der Waals surface area contributed by atoms with Crippen LogP contribution >= 0.6 is 0 Å². The second kappa shape index (κ2) is 7.62. The van der Waals surface area contributed by atoms with Gasteiger partial charge in [-0.3, -0.25) is 0 Å². The Morgan fingerprint density at radius 3 is 2.67 bits per heavy atom.